The number of carbonyl (C=O) groups is 1. The summed E-state index contributed by atoms with van der Waals surface area (Å²) in [5.74, 6) is -10.3. The highest BCUT2D eigenvalue weighted by Crippen LogP contribution is 2.56. The van der Waals surface area contributed by atoms with Crippen molar-refractivity contribution in [1.82, 2.24) is 0 Å². The van der Waals surface area contributed by atoms with Crippen LogP contribution in [0.25, 0.3) is 0 Å². The topological polar surface area (TPSA) is 52.3 Å². The quantitative estimate of drug-likeness (QED) is 0.497. The fraction of sp³-hybridized carbons (Fsp3) is 0.833. The number of rotatable bonds is 1. The number of nitrogens with two attached hydrogens (primary N) is 1. The van der Waals surface area contributed by atoms with Crippen LogP contribution in [0.15, 0.2) is 0 Å². The summed E-state index contributed by atoms with van der Waals surface area (Å²) in [6.07, 6.45) is -1.39. The predicted octanol–water partition coefficient (Wildman–Crippen LogP) is 0.531. The third-order valence-electron chi connectivity index (χ3n) is 2.07. The first-order valence-corrected chi connectivity index (χ1v) is 3.32. The summed E-state index contributed by atoms with van der Waals surface area (Å²) in [6, 6.07) is 0. The van der Waals surface area contributed by atoms with Gasteiger partial charge in [0.1, 0.15) is 0 Å². The minimum absolute atomic E-state index is 0.809. The molecule has 0 spiro atoms. The van der Waals surface area contributed by atoms with Gasteiger partial charge in [0, 0.05) is 0 Å². The lowest BCUT2D eigenvalue weighted by Gasteiger charge is -2.48. The van der Waals surface area contributed by atoms with Gasteiger partial charge in [0.05, 0.1) is 13.5 Å². The molecule has 2 N–H and O–H groups in total. The van der Waals surface area contributed by atoms with Crippen LogP contribution in [-0.4, -0.2) is 30.5 Å². The molecule has 0 amide bonds. The minimum atomic E-state index is -4.53. The van der Waals surface area contributed by atoms with E-state index in [0.29, 0.717) is 0 Å². The molecular weight excluding hydrogens is 194 g/mol. The predicted molar refractivity (Wildman–Crippen MR) is 33.4 cm³/mol. The molecule has 0 bridgehead atoms. The molecule has 76 valence electrons. The van der Waals surface area contributed by atoms with Gasteiger partial charge in [0.15, 0.2) is 5.54 Å². The van der Waals surface area contributed by atoms with Crippen LogP contribution >= 0.6 is 0 Å². The smallest absolute Gasteiger partial charge is 0.338 e. The molecule has 1 rings (SSSR count). The molecule has 1 aliphatic carbocycles. The van der Waals surface area contributed by atoms with Gasteiger partial charge in [0.25, 0.3) is 0 Å². The van der Waals surface area contributed by atoms with Crippen LogP contribution in [0.5, 0.6) is 0 Å². The van der Waals surface area contributed by atoms with E-state index < -0.39 is 29.8 Å². The van der Waals surface area contributed by atoms with Gasteiger partial charge in [-0.2, -0.15) is 17.6 Å². The number of methoxy groups -OCH3 is 1. The fourth-order valence-corrected chi connectivity index (χ4v) is 1.17. The Bertz CT molecular complexity index is 255. The lowest BCUT2D eigenvalue weighted by molar-refractivity contribution is -0.317. The Labute approximate surface area is 70.8 Å². The van der Waals surface area contributed by atoms with E-state index in [-0.39, 0.29) is 0 Å². The van der Waals surface area contributed by atoms with Crippen LogP contribution < -0.4 is 5.73 Å². The molecule has 0 saturated heterocycles. The van der Waals surface area contributed by atoms with Crippen molar-refractivity contribution in [3.8, 4) is 0 Å². The summed E-state index contributed by atoms with van der Waals surface area (Å²) in [5, 5.41) is 0. The zero-order chi connectivity index (χ0) is 10.5. The van der Waals surface area contributed by atoms with E-state index in [2.05, 4.69) is 4.74 Å². The molecule has 0 aromatic heterocycles. The van der Waals surface area contributed by atoms with Crippen LogP contribution in [0, 0.1) is 0 Å². The molecule has 1 fully saturated rings. The zero-order valence-corrected chi connectivity index (χ0v) is 6.61. The molecule has 0 aliphatic heterocycles. The molecule has 1 aliphatic rings. The summed E-state index contributed by atoms with van der Waals surface area (Å²) in [5.41, 5.74) is 1.92. The van der Waals surface area contributed by atoms with Crippen LogP contribution in [0.4, 0.5) is 17.6 Å². The first-order chi connectivity index (χ1) is 5.69. The van der Waals surface area contributed by atoms with Gasteiger partial charge in [0.2, 0.25) is 0 Å². The Morgan fingerprint density at radius 2 is 1.85 bits per heavy atom. The molecule has 1 atom stereocenters. The maximum Gasteiger partial charge on any atom is 0.338 e. The lowest BCUT2D eigenvalue weighted by atomic mass is 9.70. The maximum absolute atomic E-state index is 12.6. The summed E-state index contributed by atoms with van der Waals surface area (Å²) in [6.45, 7) is 0. The number of ether oxygens (including phenoxy) is 1. The van der Waals surface area contributed by atoms with E-state index in [4.69, 9.17) is 5.73 Å². The van der Waals surface area contributed by atoms with Crippen molar-refractivity contribution >= 4 is 5.97 Å². The van der Waals surface area contributed by atoms with E-state index in [1.807, 2.05) is 0 Å². The number of hydrogen-bond acceptors (Lipinski definition) is 3. The van der Waals surface area contributed by atoms with Crippen molar-refractivity contribution in [3.05, 3.63) is 0 Å². The Morgan fingerprint density at radius 3 is 2.08 bits per heavy atom. The van der Waals surface area contributed by atoms with E-state index in [9.17, 15) is 22.4 Å². The molecule has 1 saturated carbocycles. The van der Waals surface area contributed by atoms with E-state index >= 15 is 0 Å². The number of alkyl halides is 4. The maximum atomic E-state index is 12.6. The zero-order valence-electron chi connectivity index (χ0n) is 6.61. The molecule has 0 radical (unpaired) electrons. The molecular formula is C6H7F4NO2. The number of esters is 1. The van der Waals surface area contributed by atoms with Gasteiger partial charge >= 0.3 is 17.8 Å². The fourth-order valence-electron chi connectivity index (χ4n) is 1.17. The third-order valence-corrected chi connectivity index (χ3v) is 2.07. The van der Waals surface area contributed by atoms with Gasteiger partial charge in [-0.05, 0) is 0 Å². The normalized spacial score (nSPS) is 34.9. The Balaban J connectivity index is 2.95. The van der Waals surface area contributed by atoms with Crippen molar-refractivity contribution in [2.24, 2.45) is 5.73 Å². The molecule has 3 nitrogen and oxygen atoms in total. The van der Waals surface area contributed by atoms with Gasteiger partial charge < -0.3 is 10.5 Å². The summed E-state index contributed by atoms with van der Waals surface area (Å²) in [7, 11) is 0.809. The molecule has 0 aromatic carbocycles. The SMILES string of the molecule is COC(=O)C1(N)CC(F)(F)C1(F)F. The van der Waals surface area contributed by atoms with Gasteiger partial charge in [-0.3, -0.25) is 0 Å². The monoisotopic (exact) mass is 201 g/mol. The van der Waals surface area contributed by atoms with Crippen LogP contribution in [0.3, 0.4) is 0 Å². The lowest BCUT2D eigenvalue weighted by Crippen LogP contribution is -2.79. The Morgan fingerprint density at radius 1 is 1.38 bits per heavy atom. The largest absolute Gasteiger partial charge is 0.467 e. The van der Waals surface area contributed by atoms with Crippen molar-refractivity contribution < 1.29 is 27.1 Å². The Kier molecular flexibility index (Phi) is 1.84. The molecule has 13 heavy (non-hydrogen) atoms. The summed E-state index contributed by atoms with van der Waals surface area (Å²) < 4.78 is 53.7. The van der Waals surface area contributed by atoms with Gasteiger partial charge in [-0.15, -0.1) is 0 Å². The minimum Gasteiger partial charge on any atom is -0.467 e. The third kappa shape index (κ3) is 0.962. The van der Waals surface area contributed by atoms with E-state index in [1.54, 1.807) is 0 Å². The highest BCUT2D eigenvalue weighted by Gasteiger charge is 2.82. The second-order valence-corrected chi connectivity index (χ2v) is 2.92. The highest BCUT2D eigenvalue weighted by molar-refractivity contribution is 5.84. The number of carbonyl (C=O) groups excluding carboxylic acids is 1. The second kappa shape index (κ2) is 2.34. The Hall–Kier alpha value is -0.850. The first kappa shape index (κ1) is 10.2. The van der Waals surface area contributed by atoms with Crippen LogP contribution in [0.2, 0.25) is 0 Å². The molecule has 0 aromatic rings. The number of hydrogen-bond donors (Lipinski definition) is 1. The number of halogens is 4. The molecule has 1 unspecified atom stereocenters. The van der Waals surface area contributed by atoms with Crippen LogP contribution in [-0.2, 0) is 9.53 Å². The van der Waals surface area contributed by atoms with Crippen molar-refractivity contribution in [2.75, 3.05) is 7.11 Å². The van der Waals surface area contributed by atoms with Gasteiger partial charge in [-0.25, -0.2) is 4.79 Å². The second-order valence-electron chi connectivity index (χ2n) is 2.92. The highest BCUT2D eigenvalue weighted by atomic mass is 19.3. The average Bonchev–Trinajstić information content (AvgIpc) is 2.01. The standard InChI is InChI=1S/C6H7F4NO2/c1-13-3(12)4(11)2-5(7,8)6(4,9)10/h2,11H2,1H3. The molecule has 0 heterocycles. The summed E-state index contributed by atoms with van der Waals surface area (Å²) >= 11 is 0. The first-order valence-electron chi connectivity index (χ1n) is 3.32. The molecule has 7 heteroatoms. The van der Waals surface area contributed by atoms with Crippen molar-refractivity contribution in [3.63, 3.8) is 0 Å². The summed E-state index contributed by atoms with van der Waals surface area (Å²) in [4.78, 5) is 10.7. The van der Waals surface area contributed by atoms with E-state index in [0.717, 1.165) is 7.11 Å². The van der Waals surface area contributed by atoms with Gasteiger partial charge in [-0.1, -0.05) is 0 Å². The van der Waals surface area contributed by atoms with Crippen LogP contribution in [0.1, 0.15) is 6.42 Å². The average molecular weight is 201 g/mol. The van der Waals surface area contributed by atoms with Crippen molar-refractivity contribution in [1.29, 1.82) is 0 Å². The van der Waals surface area contributed by atoms with Crippen molar-refractivity contribution in [2.45, 2.75) is 23.8 Å². The van der Waals surface area contributed by atoms with E-state index in [1.165, 1.54) is 0 Å².